The summed E-state index contributed by atoms with van der Waals surface area (Å²) in [5.74, 6) is -1.82. The summed E-state index contributed by atoms with van der Waals surface area (Å²) in [5.41, 5.74) is 0.656. The molecule has 1 heterocycles. The predicted octanol–water partition coefficient (Wildman–Crippen LogP) is -0.0236. The van der Waals surface area contributed by atoms with Crippen molar-refractivity contribution in [1.29, 1.82) is 0 Å². The summed E-state index contributed by atoms with van der Waals surface area (Å²) in [6.07, 6.45) is 0. The second kappa shape index (κ2) is 8.02. The molecule has 1 amide bonds. The molecule has 1 unspecified atom stereocenters. The van der Waals surface area contributed by atoms with Crippen molar-refractivity contribution in [2.24, 2.45) is 0 Å². The third kappa shape index (κ3) is 4.32. The molecule has 1 atom stereocenters. The fourth-order valence-corrected chi connectivity index (χ4v) is 3.41. The third-order valence-corrected chi connectivity index (χ3v) is 5.87. The Bertz CT molecular complexity index is 787. The monoisotopic (exact) mass is 385 g/mol. The highest BCUT2D eigenvalue weighted by Crippen LogP contribution is 2.26. The highest BCUT2D eigenvalue weighted by molar-refractivity contribution is 7.89. The molecule has 1 aliphatic rings. The fraction of sp³-hybridized carbons (Fsp3) is 0.500. The smallest absolute Gasteiger partial charge is 0.325 e. The number of anilines is 1. The van der Waals surface area contributed by atoms with Crippen molar-refractivity contribution < 1.29 is 27.9 Å². The van der Waals surface area contributed by atoms with Crippen LogP contribution in [0.4, 0.5) is 5.69 Å². The van der Waals surface area contributed by atoms with Crippen molar-refractivity contribution in [2.75, 3.05) is 45.3 Å². The van der Waals surface area contributed by atoms with Crippen molar-refractivity contribution in [3.05, 3.63) is 23.8 Å². The SMILES string of the molecule is CC(NC(=O)c1cc(S(=O)(=O)N(C)C)ccc1N1CCOCC1)C(=O)O. The number of ether oxygens (including phenoxy) is 1. The van der Waals surface area contributed by atoms with Crippen LogP contribution >= 0.6 is 0 Å². The molecule has 10 heteroatoms. The van der Waals surface area contributed by atoms with E-state index in [2.05, 4.69) is 5.32 Å². The van der Waals surface area contributed by atoms with E-state index in [-0.39, 0.29) is 10.5 Å². The minimum atomic E-state index is -3.73. The standard InChI is InChI=1S/C16H23N3O6S/c1-11(16(21)22)17-15(20)13-10-12(26(23,24)18(2)3)4-5-14(13)19-6-8-25-9-7-19/h4-5,10-11H,6-9H2,1-3H3,(H,17,20)(H,21,22). The molecule has 0 aliphatic carbocycles. The van der Waals surface area contributed by atoms with E-state index in [1.165, 1.54) is 33.2 Å². The summed E-state index contributed by atoms with van der Waals surface area (Å²) in [6, 6.07) is 3.19. The first kappa shape index (κ1) is 20.1. The van der Waals surface area contributed by atoms with Gasteiger partial charge in [0.1, 0.15) is 6.04 Å². The maximum atomic E-state index is 12.6. The Hall–Kier alpha value is -2.17. The minimum absolute atomic E-state index is 0.0346. The molecule has 0 radical (unpaired) electrons. The molecule has 0 saturated carbocycles. The van der Waals surface area contributed by atoms with Crippen LogP contribution in [-0.2, 0) is 19.6 Å². The zero-order valence-corrected chi connectivity index (χ0v) is 15.7. The van der Waals surface area contributed by atoms with Crippen LogP contribution in [0.1, 0.15) is 17.3 Å². The topological polar surface area (TPSA) is 116 Å². The number of amides is 1. The van der Waals surface area contributed by atoms with Crippen LogP contribution in [0.5, 0.6) is 0 Å². The summed E-state index contributed by atoms with van der Waals surface area (Å²) in [4.78, 5) is 25.5. The molecule has 26 heavy (non-hydrogen) atoms. The number of hydrogen-bond acceptors (Lipinski definition) is 6. The van der Waals surface area contributed by atoms with Crippen molar-refractivity contribution >= 4 is 27.6 Å². The second-order valence-electron chi connectivity index (χ2n) is 6.10. The number of carboxylic acids is 1. The number of nitrogens with zero attached hydrogens (tertiary/aromatic N) is 2. The summed E-state index contributed by atoms with van der Waals surface area (Å²) < 4.78 is 31.1. The van der Waals surface area contributed by atoms with Gasteiger partial charge in [-0.25, -0.2) is 12.7 Å². The quantitative estimate of drug-likeness (QED) is 0.707. The Morgan fingerprint density at radius 1 is 1.27 bits per heavy atom. The molecule has 1 aromatic carbocycles. The van der Waals surface area contributed by atoms with Gasteiger partial charge in [0, 0.05) is 32.9 Å². The summed E-state index contributed by atoms with van der Waals surface area (Å²) in [6.45, 7) is 3.42. The largest absolute Gasteiger partial charge is 0.480 e. The normalized spacial score (nSPS) is 16.4. The Morgan fingerprint density at radius 3 is 2.42 bits per heavy atom. The average Bonchev–Trinajstić information content (AvgIpc) is 2.61. The maximum absolute atomic E-state index is 12.6. The molecule has 0 aromatic heterocycles. The molecule has 0 bridgehead atoms. The predicted molar refractivity (Wildman–Crippen MR) is 94.9 cm³/mol. The van der Waals surface area contributed by atoms with E-state index < -0.39 is 27.9 Å². The number of morpholine rings is 1. The van der Waals surface area contributed by atoms with Crippen LogP contribution in [0.2, 0.25) is 0 Å². The van der Waals surface area contributed by atoms with Gasteiger partial charge < -0.3 is 20.1 Å². The molecular weight excluding hydrogens is 362 g/mol. The molecule has 1 saturated heterocycles. The molecule has 1 aliphatic heterocycles. The first-order valence-electron chi connectivity index (χ1n) is 8.07. The van der Waals surface area contributed by atoms with Gasteiger partial charge in [0.05, 0.1) is 23.7 Å². The average molecular weight is 385 g/mol. The lowest BCUT2D eigenvalue weighted by molar-refractivity contribution is -0.138. The van der Waals surface area contributed by atoms with Crippen molar-refractivity contribution in [3.63, 3.8) is 0 Å². The lowest BCUT2D eigenvalue weighted by atomic mass is 10.1. The lowest BCUT2D eigenvalue weighted by Gasteiger charge is -2.30. The van der Waals surface area contributed by atoms with E-state index in [1.54, 1.807) is 6.07 Å². The number of carbonyl (C=O) groups excluding carboxylic acids is 1. The highest BCUT2D eigenvalue weighted by Gasteiger charge is 2.25. The minimum Gasteiger partial charge on any atom is -0.480 e. The van der Waals surface area contributed by atoms with Crippen molar-refractivity contribution in [1.82, 2.24) is 9.62 Å². The van der Waals surface area contributed by atoms with E-state index in [0.29, 0.717) is 32.0 Å². The first-order chi connectivity index (χ1) is 12.1. The number of sulfonamides is 1. The highest BCUT2D eigenvalue weighted by atomic mass is 32.2. The van der Waals surface area contributed by atoms with E-state index in [9.17, 15) is 18.0 Å². The van der Waals surface area contributed by atoms with Crippen LogP contribution < -0.4 is 10.2 Å². The van der Waals surface area contributed by atoms with Crippen LogP contribution in [0, 0.1) is 0 Å². The third-order valence-electron chi connectivity index (χ3n) is 4.06. The second-order valence-corrected chi connectivity index (χ2v) is 8.25. The van der Waals surface area contributed by atoms with E-state index >= 15 is 0 Å². The maximum Gasteiger partial charge on any atom is 0.325 e. The molecule has 1 aromatic rings. The van der Waals surface area contributed by atoms with Crippen LogP contribution in [-0.4, -0.2) is 76.1 Å². The van der Waals surface area contributed by atoms with Crippen molar-refractivity contribution in [2.45, 2.75) is 17.9 Å². The zero-order valence-electron chi connectivity index (χ0n) is 14.9. The van der Waals surface area contributed by atoms with Crippen LogP contribution in [0.15, 0.2) is 23.1 Å². The summed E-state index contributed by atoms with van der Waals surface area (Å²) in [5, 5.41) is 11.4. The number of aliphatic carboxylic acids is 1. The molecule has 144 valence electrons. The van der Waals surface area contributed by atoms with Gasteiger partial charge in [-0.15, -0.1) is 0 Å². The van der Waals surface area contributed by atoms with Gasteiger partial charge in [-0.2, -0.15) is 0 Å². The van der Waals surface area contributed by atoms with Crippen molar-refractivity contribution in [3.8, 4) is 0 Å². The Morgan fingerprint density at radius 2 is 1.88 bits per heavy atom. The molecule has 2 N–H and O–H groups in total. The Balaban J connectivity index is 2.48. The zero-order chi connectivity index (χ0) is 19.5. The molecule has 9 nitrogen and oxygen atoms in total. The Labute approximate surface area is 152 Å². The van der Waals surface area contributed by atoms with Crippen LogP contribution in [0.3, 0.4) is 0 Å². The van der Waals surface area contributed by atoms with Crippen LogP contribution in [0.25, 0.3) is 0 Å². The van der Waals surface area contributed by atoms with Gasteiger partial charge in [-0.1, -0.05) is 0 Å². The lowest BCUT2D eigenvalue weighted by Crippen LogP contribution is -2.41. The van der Waals surface area contributed by atoms with E-state index in [1.807, 2.05) is 4.90 Å². The summed E-state index contributed by atoms with van der Waals surface area (Å²) in [7, 11) is -0.931. The Kier molecular flexibility index (Phi) is 6.21. The number of nitrogens with one attached hydrogen (secondary N) is 1. The summed E-state index contributed by atoms with van der Waals surface area (Å²) >= 11 is 0. The van der Waals surface area contributed by atoms with E-state index in [0.717, 1.165) is 4.31 Å². The first-order valence-corrected chi connectivity index (χ1v) is 9.51. The number of hydrogen-bond donors (Lipinski definition) is 2. The number of benzene rings is 1. The van der Waals surface area contributed by atoms with Gasteiger partial charge in [-0.05, 0) is 25.1 Å². The van der Waals surface area contributed by atoms with E-state index in [4.69, 9.17) is 9.84 Å². The molecule has 0 spiro atoms. The molecule has 2 rings (SSSR count). The van der Waals surface area contributed by atoms with Gasteiger partial charge in [-0.3, -0.25) is 9.59 Å². The van der Waals surface area contributed by atoms with Gasteiger partial charge in [0.25, 0.3) is 5.91 Å². The number of carbonyl (C=O) groups is 2. The van der Waals surface area contributed by atoms with Gasteiger partial charge in [0.2, 0.25) is 10.0 Å². The number of rotatable bonds is 6. The number of carboxylic acid groups (broad SMARTS) is 1. The van der Waals surface area contributed by atoms with Gasteiger partial charge in [0.15, 0.2) is 0 Å². The molecular formula is C16H23N3O6S. The molecule has 1 fully saturated rings. The fourth-order valence-electron chi connectivity index (χ4n) is 2.48. The van der Waals surface area contributed by atoms with Gasteiger partial charge >= 0.3 is 5.97 Å².